The zero-order valence-corrected chi connectivity index (χ0v) is 9.37. The summed E-state index contributed by atoms with van der Waals surface area (Å²) in [5, 5.41) is 0. The van der Waals surface area contributed by atoms with E-state index in [4.69, 9.17) is 11.1 Å². The number of hydrogen-bond acceptors (Lipinski definition) is 1. The summed E-state index contributed by atoms with van der Waals surface area (Å²) < 4.78 is 2.20. The van der Waals surface area contributed by atoms with Crippen LogP contribution in [0.25, 0.3) is 0 Å². The van der Waals surface area contributed by atoms with Gasteiger partial charge in [-0.05, 0) is 26.2 Å². The van der Waals surface area contributed by atoms with Crippen molar-refractivity contribution in [3.63, 3.8) is 0 Å². The summed E-state index contributed by atoms with van der Waals surface area (Å²) in [7, 11) is 2.57. The topological polar surface area (TPSA) is 3.24 Å². The molecule has 0 spiro atoms. The Kier molecular flexibility index (Phi) is 3.92. The molecule has 0 N–H and O–H groups in total. The molecule has 0 saturated carbocycles. The predicted octanol–water partition coefficient (Wildman–Crippen LogP) is 2.66. The second kappa shape index (κ2) is 3.74. The Morgan fingerprint density at radius 1 is 1.50 bits per heavy atom. The highest BCUT2D eigenvalue weighted by Crippen LogP contribution is 2.29. The smallest absolute Gasteiger partial charge is 0.228 e. The van der Waals surface area contributed by atoms with E-state index in [1.54, 1.807) is 0 Å². The number of nitrogens with zero attached hydrogens (tertiary/aromatic N) is 1. The molecule has 10 heavy (non-hydrogen) atoms. The van der Waals surface area contributed by atoms with Crippen LogP contribution in [-0.2, 0) is 0 Å². The molecule has 2 atom stereocenters. The van der Waals surface area contributed by atoms with E-state index in [1.807, 2.05) is 0 Å². The van der Waals surface area contributed by atoms with Gasteiger partial charge in [0.2, 0.25) is 7.55 Å². The van der Waals surface area contributed by atoms with Crippen molar-refractivity contribution in [3.05, 3.63) is 0 Å². The quantitative estimate of drug-likeness (QED) is 0.476. The molecular weight excluding hydrogens is 162 g/mol. The Morgan fingerprint density at radius 2 is 1.90 bits per heavy atom. The van der Waals surface area contributed by atoms with E-state index >= 15 is 0 Å². The van der Waals surface area contributed by atoms with Crippen molar-refractivity contribution in [2.75, 3.05) is 14.1 Å². The summed E-state index contributed by atoms with van der Waals surface area (Å²) in [6.45, 7) is 6.63. The molecule has 0 aromatic heterocycles. The number of rotatable bonds is 3. The molecule has 0 bridgehead atoms. The van der Waals surface area contributed by atoms with Gasteiger partial charge in [-0.25, -0.2) is 0 Å². The Bertz CT molecular complexity index is 104. The Labute approximate surface area is 70.2 Å². The van der Waals surface area contributed by atoms with Gasteiger partial charge in [0.15, 0.2) is 0 Å². The zero-order chi connectivity index (χ0) is 8.36. The second-order valence-electron chi connectivity index (χ2n) is 3.23. The zero-order valence-electron chi connectivity index (χ0n) is 7.61. The van der Waals surface area contributed by atoms with Gasteiger partial charge in [0.1, 0.15) is 0 Å². The Hall–Kier alpha value is 0.467. The maximum absolute atomic E-state index is 6.39. The predicted molar refractivity (Wildman–Crippen MR) is 50.9 cm³/mol. The molecule has 62 valence electrons. The van der Waals surface area contributed by atoms with Crippen LogP contribution in [-0.4, -0.2) is 26.2 Å². The van der Waals surface area contributed by atoms with E-state index in [-0.39, 0.29) is 0 Å². The lowest BCUT2D eigenvalue weighted by molar-refractivity contribution is 0.605. The molecule has 0 aromatic rings. The number of hydrogen-bond donors (Lipinski definition) is 0. The van der Waals surface area contributed by atoms with Gasteiger partial charge in [0.25, 0.3) is 0 Å². The number of halogens is 1. The summed E-state index contributed by atoms with van der Waals surface area (Å²) in [4.78, 5) is 0. The van der Waals surface area contributed by atoms with Crippen LogP contribution in [0.15, 0.2) is 0 Å². The van der Waals surface area contributed by atoms with Gasteiger partial charge in [0.05, 0.1) is 0 Å². The molecule has 0 saturated heterocycles. The van der Waals surface area contributed by atoms with E-state index in [9.17, 15) is 0 Å². The standard InChI is InChI=1S/C7H18ClNSi/c1-6-7(2)10(5,8)9(3)4/h7H,6H2,1-5H3. The van der Waals surface area contributed by atoms with Gasteiger partial charge < -0.3 is 4.57 Å². The molecule has 0 heterocycles. The van der Waals surface area contributed by atoms with Gasteiger partial charge in [-0.15, -0.1) is 11.1 Å². The first kappa shape index (κ1) is 10.5. The average molecular weight is 180 g/mol. The molecule has 0 rings (SSSR count). The first-order chi connectivity index (χ1) is 4.42. The van der Waals surface area contributed by atoms with Crippen molar-refractivity contribution >= 4 is 18.6 Å². The fourth-order valence-corrected chi connectivity index (χ4v) is 2.90. The average Bonchev–Trinajstić information content (AvgIpc) is 1.86. The minimum Gasteiger partial charge on any atom is -0.317 e. The van der Waals surface area contributed by atoms with E-state index in [2.05, 4.69) is 39.1 Å². The van der Waals surface area contributed by atoms with Crippen LogP contribution in [0.2, 0.25) is 12.1 Å². The monoisotopic (exact) mass is 179 g/mol. The van der Waals surface area contributed by atoms with Crippen LogP contribution in [0.3, 0.4) is 0 Å². The third kappa shape index (κ3) is 2.26. The van der Waals surface area contributed by atoms with Gasteiger partial charge >= 0.3 is 0 Å². The maximum Gasteiger partial charge on any atom is 0.228 e. The lowest BCUT2D eigenvalue weighted by Gasteiger charge is -2.32. The highest BCUT2D eigenvalue weighted by atomic mass is 35.6. The summed E-state index contributed by atoms with van der Waals surface area (Å²) in [5.74, 6) is 0. The van der Waals surface area contributed by atoms with Crippen molar-refractivity contribution in [2.45, 2.75) is 32.4 Å². The van der Waals surface area contributed by atoms with E-state index in [0.717, 1.165) is 0 Å². The molecule has 0 aromatic carbocycles. The van der Waals surface area contributed by atoms with Crippen molar-refractivity contribution in [1.29, 1.82) is 0 Å². The molecule has 0 aliphatic rings. The molecule has 0 amide bonds. The summed E-state index contributed by atoms with van der Waals surface area (Å²) in [6, 6.07) is 0. The van der Waals surface area contributed by atoms with Gasteiger partial charge in [-0.1, -0.05) is 20.3 Å². The van der Waals surface area contributed by atoms with E-state index in [0.29, 0.717) is 5.54 Å². The van der Waals surface area contributed by atoms with E-state index in [1.165, 1.54) is 6.42 Å². The summed E-state index contributed by atoms with van der Waals surface area (Å²) in [6.07, 6.45) is 1.18. The second-order valence-corrected chi connectivity index (χ2v) is 9.45. The molecule has 0 aliphatic carbocycles. The molecular formula is C7H18ClNSi. The fraction of sp³-hybridized carbons (Fsp3) is 1.00. The lowest BCUT2D eigenvalue weighted by Crippen LogP contribution is -2.44. The van der Waals surface area contributed by atoms with E-state index < -0.39 is 7.55 Å². The summed E-state index contributed by atoms with van der Waals surface area (Å²) >= 11 is 6.39. The van der Waals surface area contributed by atoms with Crippen LogP contribution < -0.4 is 0 Å². The largest absolute Gasteiger partial charge is 0.317 e. The minimum absolute atomic E-state index is 0.671. The maximum atomic E-state index is 6.39. The van der Waals surface area contributed by atoms with Crippen LogP contribution in [0.4, 0.5) is 0 Å². The normalized spacial score (nSPS) is 20.7. The Balaban J connectivity index is 4.09. The first-order valence-electron chi connectivity index (χ1n) is 3.79. The lowest BCUT2D eigenvalue weighted by atomic mass is 10.4. The minimum atomic E-state index is -1.58. The highest BCUT2D eigenvalue weighted by Gasteiger charge is 2.33. The molecule has 0 aliphatic heterocycles. The first-order valence-corrected chi connectivity index (χ1v) is 7.32. The summed E-state index contributed by atoms with van der Waals surface area (Å²) in [5.41, 5.74) is 0.671. The van der Waals surface area contributed by atoms with Crippen molar-refractivity contribution in [2.24, 2.45) is 0 Å². The fourth-order valence-electron chi connectivity index (χ4n) is 0.813. The van der Waals surface area contributed by atoms with Crippen molar-refractivity contribution in [1.82, 2.24) is 4.57 Å². The van der Waals surface area contributed by atoms with Crippen LogP contribution in [0, 0.1) is 0 Å². The molecule has 1 nitrogen and oxygen atoms in total. The third-order valence-electron chi connectivity index (χ3n) is 2.39. The third-order valence-corrected chi connectivity index (χ3v) is 8.47. The molecule has 3 heteroatoms. The van der Waals surface area contributed by atoms with Gasteiger partial charge in [-0.2, -0.15) is 0 Å². The highest BCUT2D eigenvalue weighted by molar-refractivity contribution is 7.18. The van der Waals surface area contributed by atoms with Crippen LogP contribution >= 0.6 is 11.1 Å². The van der Waals surface area contributed by atoms with Crippen molar-refractivity contribution in [3.8, 4) is 0 Å². The molecule has 2 unspecified atom stereocenters. The SMILES string of the molecule is CCC(C)[Si](C)(Cl)N(C)C. The van der Waals surface area contributed by atoms with Gasteiger partial charge in [0, 0.05) is 0 Å². The van der Waals surface area contributed by atoms with Crippen LogP contribution in [0.5, 0.6) is 0 Å². The van der Waals surface area contributed by atoms with Crippen molar-refractivity contribution < 1.29 is 0 Å². The Morgan fingerprint density at radius 3 is 2.00 bits per heavy atom. The van der Waals surface area contributed by atoms with Crippen LogP contribution in [0.1, 0.15) is 20.3 Å². The molecule has 0 radical (unpaired) electrons. The molecule has 0 fully saturated rings. The van der Waals surface area contributed by atoms with Gasteiger partial charge in [-0.3, -0.25) is 0 Å².